The molecule has 1 fully saturated rings. The molecule has 2 rings (SSSR count). The lowest BCUT2D eigenvalue weighted by Crippen LogP contribution is -2.40. The second kappa shape index (κ2) is 4.55. The number of rotatable bonds is 3. The Hall–Kier alpha value is -0.870. The molecule has 0 aromatic carbocycles. The van der Waals surface area contributed by atoms with Crippen LogP contribution >= 0.6 is 0 Å². The fraction of sp³-hybridized carbons (Fsp3) is 0.750. The van der Waals surface area contributed by atoms with E-state index in [0.29, 0.717) is 0 Å². The predicted molar refractivity (Wildman–Crippen MR) is 61.0 cm³/mol. The highest BCUT2D eigenvalue weighted by molar-refractivity contribution is 5.14. The van der Waals surface area contributed by atoms with Gasteiger partial charge in [-0.25, -0.2) is 0 Å². The van der Waals surface area contributed by atoms with Gasteiger partial charge in [-0.2, -0.15) is 5.10 Å². The number of aryl methyl sites for hydroxylation is 1. The van der Waals surface area contributed by atoms with Crippen LogP contribution in [0.3, 0.4) is 0 Å². The molecule has 1 N–H and O–H groups in total. The zero-order valence-electron chi connectivity index (χ0n) is 10.0. The van der Waals surface area contributed by atoms with E-state index in [2.05, 4.69) is 5.10 Å². The average molecular weight is 224 g/mol. The maximum absolute atomic E-state index is 10.4. The molecule has 1 aliphatic carbocycles. The summed E-state index contributed by atoms with van der Waals surface area (Å²) in [6.45, 7) is 0. The minimum absolute atomic E-state index is 0.402. The van der Waals surface area contributed by atoms with Crippen molar-refractivity contribution >= 4 is 0 Å². The van der Waals surface area contributed by atoms with Gasteiger partial charge in [0.2, 0.25) is 0 Å². The van der Waals surface area contributed by atoms with E-state index >= 15 is 0 Å². The number of methoxy groups -OCH3 is 1. The number of hydrogen-bond donors (Lipinski definition) is 1. The third-order valence-electron chi connectivity index (χ3n) is 3.65. The molecule has 0 saturated heterocycles. The Kier molecular flexibility index (Phi) is 3.30. The Morgan fingerprint density at radius 1 is 1.44 bits per heavy atom. The molecular formula is C12H20N2O2. The predicted octanol–water partition coefficient (Wildman–Crippen LogP) is 1.80. The minimum atomic E-state index is -0.563. The Labute approximate surface area is 96.2 Å². The van der Waals surface area contributed by atoms with Gasteiger partial charge in [-0.1, -0.05) is 19.3 Å². The number of hydrogen-bond acceptors (Lipinski definition) is 3. The summed E-state index contributed by atoms with van der Waals surface area (Å²) in [5.74, 6) is 0. The summed E-state index contributed by atoms with van der Waals surface area (Å²) in [7, 11) is 3.56. The molecule has 1 aromatic rings. The van der Waals surface area contributed by atoms with Gasteiger partial charge in [0.25, 0.3) is 0 Å². The molecule has 0 spiro atoms. The zero-order valence-corrected chi connectivity index (χ0v) is 10.0. The van der Waals surface area contributed by atoms with Crippen LogP contribution in [-0.2, 0) is 11.8 Å². The quantitative estimate of drug-likeness (QED) is 0.851. The fourth-order valence-electron chi connectivity index (χ4n) is 2.62. The highest BCUT2D eigenvalue weighted by Gasteiger charge is 2.40. The molecule has 16 heavy (non-hydrogen) atoms. The van der Waals surface area contributed by atoms with E-state index in [-0.39, 0.29) is 0 Å². The largest absolute Gasteiger partial charge is 0.385 e. The van der Waals surface area contributed by atoms with E-state index in [9.17, 15) is 5.11 Å². The molecule has 90 valence electrons. The van der Waals surface area contributed by atoms with Crippen molar-refractivity contribution in [2.24, 2.45) is 7.05 Å². The minimum Gasteiger partial charge on any atom is -0.385 e. The van der Waals surface area contributed by atoms with E-state index in [1.165, 1.54) is 6.42 Å². The number of nitrogens with zero attached hydrogens (tertiary/aromatic N) is 2. The van der Waals surface area contributed by atoms with Crippen molar-refractivity contribution in [3.8, 4) is 0 Å². The summed E-state index contributed by atoms with van der Waals surface area (Å²) >= 11 is 0. The summed E-state index contributed by atoms with van der Waals surface area (Å²) in [6.07, 6.45) is 8.38. The highest BCUT2D eigenvalue weighted by Crippen LogP contribution is 2.40. The van der Waals surface area contributed by atoms with E-state index < -0.39 is 11.7 Å². The van der Waals surface area contributed by atoms with Crippen molar-refractivity contribution in [3.63, 3.8) is 0 Å². The van der Waals surface area contributed by atoms with Crippen molar-refractivity contribution < 1.29 is 9.84 Å². The Morgan fingerprint density at radius 2 is 2.12 bits per heavy atom. The average Bonchev–Trinajstić information content (AvgIpc) is 2.76. The Morgan fingerprint density at radius 3 is 2.62 bits per heavy atom. The van der Waals surface area contributed by atoms with Gasteiger partial charge < -0.3 is 9.84 Å². The first-order valence-electron chi connectivity index (χ1n) is 5.90. The molecule has 0 aliphatic heterocycles. The van der Waals surface area contributed by atoms with Crippen LogP contribution in [0.1, 0.15) is 43.8 Å². The third-order valence-corrected chi connectivity index (χ3v) is 3.65. The van der Waals surface area contributed by atoms with Gasteiger partial charge in [-0.15, -0.1) is 0 Å². The lowest BCUT2D eigenvalue weighted by Gasteiger charge is -2.39. The molecular weight excluding hydrogens is 204 g/mol. The molecule has 0 amide bonds. The van der Waals surface area contributed by atoms with E-state index in [1.54, 1.807) is 18.0 Å². The van der Waals surface area contributed by atoms with Crippen molar-refractivity contribution in [3.05, 3.63) is 18.0 Å². The van der Waals surface area contributed by atoms with Gasteiger partial charge >= 0.3 is 0 Å². The number of aromatic nitrogens is 2. The molecule has 4 heteroatoms. The van der Waals surface area contributed by atoms with Crippen LogP contribution in [0.5, 0.6) is 0 Å². The first kappa shape index (κ1) is 11.6. The monoisotopic (exact) mass is 224 g/mol. The number of ether oxygens (including phenoxy) is 1. The SMILES string of the molecule is COC1(C(O)c2cnn(C)c2)CCCCC1. The maximum atomic E-state index is 10.4. The Bertz CT molecular complexity index is 343. The van der Waals surface area contributed by atoms with Crippen molar-refractivity contribution in [1.82, 2.24) is 9.78 Å². The second-order valence-corrected chi connectivity index (χ2v) is 4.68. The van der Waals surface area contributed by atoms with Crippen molar-refractivity contribution in [2.75, 3.05) is 7.11 Å². The van der Waals surface area contributed by atoms with Crippen LogP contribution < -0.4 is 0 Å². The van der Waals surface area contributed by atoms with E-state index in [4.69, 9.17) is 4.74 Å². The van der Waals surface area contributed by atoms with Gasteiger partial charge in [0.1, 0.15) is 6.10 Å². The lowest BCUT2D eigenvalue weighted by atomic mass is 9.79. The smallest absolute Gasteiger partial charge is 0.111 e. The van der Waals surface area contributed by atoms with Crippen LogP contribution in [0.15, 0.2) is 12.4 Å². The summed E-state index contributed by atoms with van der Waals surface area (Å²) in [5.41, 5.74) is 0.452. The topological polar surface area (TPSA) is 47.3 Å². The lowest BCUT2D eigenvalue weighted by molar-refractivity contribution is -0.125. The standard InChI is InChI=1S/C12H20N2O2/c1-14-9-10(8-13-14)11(15)12(16-2)6-4-3-5-7-12/h8-9,11,15H,3-7H2,1-2H3. The van der Waals surface area contributed by atoms with Crippen LogP contribution in [0, 0.1) is 0 Å². The summed E-state index contributed by atoms with van der Waals surface area (Å²) < 4.78 is 7.33. The number of aliphatic hydroxyl groups excluding tert-OH is 1. The first-order chi connectivity index (χ1) is 7.68. The van der Waals surface area contributed by atoms with E-state index in [1.807, 2.05) is 13.2 Å². The third kappa shape index (κ3) is 1.99. The molecule has 1 heterocycles. The molecule has 0 radical (unpaired) electrons. The maximum Gasteiger partial charge on any atom is 0.111 e. The van der Waals surface area contributed by atoms with Gasteiger partial charge in [0.15, 0.2) is 0 Å². The van der Waals surface area contributed by atoms with Gasteiger partial charge in [-0.3, -0.25) is 4.68 Å². The molecule has 0 bridgehead atoms. The normalized spacial score (nSPS) is 21.9. The van der Waals surface area contributed by atoms with Gasteiger partial charge in [-0.05, 0) is 12.8 Å². The molecule has 1 atom stereocenters. The van der Waals surface area contributed by atoms with E-state index in [0.717, 1.165) is 31.2 Å². The van der Waals surface area contributed by atoms with Crippen LogP contribution in [0.2, 0.25) is 0 Å². The fourth-order valence-corrected chi connectivity index (χ4v) is 2.62. The Balaban J connectivity index is 2.20. The number of aliphatic hydroxyl groups is 1. The molecule has 1 saturated carbocycles. The molecule has 1 unspecified atom stereocenters. The van der Waals surface area contributed by atoms with Gasteiger partial charge in [0.05, 0.1) is 11.8 Å². The van der Waals surface area contributed by atoms with Crippen LogP contribution in [0.25, 0.3) is 0 Å². The van der Waals surface area contributed by atoms with Crippen LogP contribution in [0.4, 0.5) is 0 Å². The molecule has 1 aromatic heterocycles. The first-order valence-corrected chi connectivity index (χ1v) is 5.90. The molecule has 4 nitrogen and oxygen atoms in total. The zero-order chi connectivity index (χ0) is 11.6. The second-order valence-electron chi connectivity index (χ2n) is 4.68. The summed E-state index contributed by atoms with van der Waals surface area (Å²) in [4.78, 5) is 0. The van der Waals surface area contributed by atoms with Gasteiger partial charge in [0, 0.05) is 25.9 Å². The van der Waals surface area contributed by atoms with Crippen molar-refractivity contribution in [2.45, 2.75) is 43.8 Å². The van der Waals surface area contributed by atoms with Crippen LogP contribution in [-0.4, -0.2) is 27.6 Å². The summed E-state index contributed by atoms with van der Waals surface area (Å²) in [6, 6.07) is 0. The molecule has 1 aliphatic rings. The highest BCUT2D eigenvalue weighted by atomic mass is 16.5. The summed E-state index contributed by atoms with van der Waals surface area (Å²) in [5, 5.41) is 14.5. The van der Waals surface area contributed by atoms with Crippen molar-refractivity contribution in [1.29, 1.82) is 0 Å².